The van der Waals surface area contributed by atoms with E-state index in [2.05, 4.69) is 5.32 Å². The zero-order valence-electron chi connectivity index (χ0n) is 11.7. The Hall–Kier alpha value is -1.07. The summed E-state index contributed by atoms with van der Waals surface area (Å²) in [5, 5.41) is 3.04. The SMILES string of the molecule is CCCC(CN)C(=O)NC1CCSc2ccc(F)cc21. The second kappa shape index (κ2) is 7.09. The first-order valence-corrected chi connectivity index (χ1v) is 8.07. The Bertz CT molecular complexity index is 481. The van der Waals surface area contributed by atoms with E-state index in [1.54, 1.807) is 17.8 Å². The highest BCUT2D eigenvalue weighted by molar-refractivity contribution is 7.99. The van der Waals surface area contributed by atoms with E-state index in [0.717, 1.165) is 35.5 Å². The molecule has 0 bridgehead atoms. The molecule has 0 spiro atoms. The lowest BCUT2D eigenvalue weighted by atomic mass is 9.99. The molecule has 3 N–H and O–H groups in total. The second-order valence-electron chi connectivity index (χ2n) is 5.10. The number of carbonyl (C=O) groups excluding carboxylic acids is 1. The van der Waals surface area contributed by atoms with Crippen LogP contribution in [0.1, 0.15) is 37.8 Å². The monoisotopic (exact) mass is 296 g/mol. The Morgan fingerprint density at radius 1 is 1.60 bits per heavy atom. The smallest absolute Gasteiger partial charge is 0.224 e. The van der Waals surface area contributed by atoms with Gasteiger partial charge in [0.25, 0.3) is 0 Å². The lowest BCUT2D eigenvalue weighted by Crippen LogP contribution is -2.38. The molecule has 0 radical (unpaired) electrons. The molecule has 0 aliphatic carbocycles. The van der Waals surface area contributed by atoms with Crippen LogP contribution in [0.25, 0.3) is 0 Å². The molecule has 110 valence electrons. The molecule has 1 aliphatic rings. The summed E-state index contributed by atoms with van der Waals surface area (Å²) in [5.41, 5.74) is 6.55. The molecule has 0 saturated heterocycles. The van der Waals surface area contributed by atoms with E-state index in [1.807, 2.05) is 6.92 Å². The van der Waals surface area contributed by atoms with Crippen molar-refractivity contribution < 1.29 is 9.18 Å². The highest BCUT2D eigenvalue weighted by Gasteiger charge is 2.25. The van der Waals surface area contributed by atoms with Crippen molar-refractivity contribution in [2.24, 2.45) is 11.7 Å². The molecule has 3 nitrogen and oxygen atoms in total. The second-order valence-corrected chi connectivity index (χ2v) is 6.24. The summed E-state index contributed by atoms with van der Waals surface area (Å²) >= 11 is 1.71. The van der Waals surface area contributed by atoms with Crippen molar-refractivity contribution in [1.82, 2.24) is 5.32 Å². The van der Waals surface area contributed by atoms with Crippen molar-refractivity contribution in [3.8, 4) is 0 Å². The Morgan fingerprint density at radius 2 is 2.40 bits per heavy atom. The van der Waals surface area contributed by atoms with Crippen molar-refractivity contribution in [2.45, 2.75) is 37.1 Å². The number of hydrogen-bond acceptors (Lipinski definition) is 3. The number of benzene rings is 1. The standard InChI is InChI=1S/C15H21FN2OS/c1-2-3-10(9-17)15(19)18-13-6-7-20-14-5-4-11(16)8-12(13)14/h4-5,8,10,13H,2-3,6-7,9,17H2,1H3,(H,18,19). The molecular formula is C15H21FN2OS. The van der Waals surface area contributed by atoms with E-state index in [4.69, 9.17) is 5.73 Å². The van der Waals surface area contributed by atoms with E-state index in [9.17, 15) is 9.18 Å². The van der Waals surface area contributed by atoms with Gasteiger partial charge < -0.3 is 11.1 Å². The molecule has 5 heteroatoms. The number of fused-ring (bicyclic) bond motifs is 1. The maximum Gasteiger partial charge on any atom is 0.224 e. The summed E-state index contributed by atoms with van der Waals surface area (Å²) < 4.78 is 13.4. The maximum atomic E-state index is 13.4. The third-order valence-electron chi connectivity index (χ3n) is 3.62. The van der Waals surface area contributed by atoms with E-state index >= 15 is 0 Å². The van der Waals surface area contributed by atoms with Crippen molar-refractivity contribution >= 4 is 17.7 Å². The topological polar surface area (TPSA) is 55.1 Å². The quantitative estimate of drug-likeness (QED) is 0.878. The number of halogens is 1. The van der Waals surface area contributed by atoms with Gasteiger partial charge in [-0.25, -0.2) is 4.39 Å². The lowest BCUT2D eigenvalue weighted by Gasteiger charge is -2.27. The van der Waals surface area contributed by atoms with Crippen LogP contribution in [0.3, 0.4) is 0 Å². The minimum Gasteiger partial charge on any atom is -0.349 e. The number of amides is 1. The van der Waals surface area contributed by atoms with Gasteiger partial charge >= 0.3 is 0 Å². The van der Waals surface area contributed by atoms with Gasteiger partial charge in [0.15, 0.2) is 0 Å². The molecular weight excluding hydrogens is 275 g/mol. The highest BCUT2D eigenvalue weighted by atomic mass is 32.2. The van der Waals surface area contributed by atoms with Crippen molar-refractivity contribution in [2.75, 3.05) is 12.3 Å². The summed E-state index contributed by atoms with van der Waals surface area (Å²) in [4.78, 5) is 13.3. The fourth-order valence-electron chi connectivity index (χ4n) is 2.51. The molecule has 2 atom stereocenters. The van der Waals surface area contributed by atoms with Crippen molar-refractivity contribution in [3.05, 3.63) is 29.6 Å². The maximum absolute atomic E-state index is 13.4. The minimum atomic E-state index is -0.255. The van der Waals surface area contributed by atoms with Crippen LogP contribution in [0, 0.1) is 11.7 Å². The molecule has 1 heterocycles. The molecule has 0 saturated carbocycles. The summed E-state index contributed by atoms with van der Waals surface area (Å²) in [6.07, 6.45) is 2.55. The molecule has 2 unspecified atom stereocenters. The Kier molecular flexibility index (Phi) is 5.43. The first-order valence-electron chi connectivity index (χ1n) is 7.08. The predicted molar refractivity (Wildman–Crippen MR) is 80.1 cm³/mol. The van der Waals surface area contributed by atoms with E-state index in [0.29, 0.717) is 6.54 Å². The molecule has 1 aromatic rings. The van der Waals surface area contributed by atoms with Crippen LogP contribution in [0.2, 0.25) is 0 Å². The van der Waals surface area contributed by atoms with Crippen LogP contribution >= 0.6 is 11.8 Å². The summed E-state index contributed by atoms with van der Waals surface area (Å²) in [5.74, 6) is 0.521. The number of carbonyl (C=O) groups is 1. The molecule has 1 amide bonds. The molecule has 20 heavy (non-hydrogen) atoms. The molecule has 1 aromatic carbocycles. The zero-order chi connectivity index (χ0) is 14.5. The first-order chi connectivity index (χ1) is 9.65. The molecule has 0 aromatic heterocycles. The van der Waals surface area contributed by atoms with Gasteiger partial charge in [0.2, 0.25) is 5.91 Å². The highest BCUT2D eigenvalue weighted by Crippen LogP contribution is 2.36. The first kappa shape index (κ1) is 15.3. The predicted octanol–water partition coefficient (Wildman–Crippen LogP) is 2.85. The van der Waals surface area contributed by atoms with Crippen LogP contribution in [0.4, 0.5) is 4.39 Å². The van der Waals surface area contributed by atoms with Gasteiger partial charge in [-0.15, -0.1) is 11.8 Å². The van der Waals surface area contributed by atoms with Gasteiger partial charge in [0.1, 0.15) is 5.82 Å². The zero-order valence-corrected chi connectivity index (χ0v) is 12.5. The van der Waals surface area contributed by atoms with Crippen LogP contribution in [0.15, 0.2) is 23.1 Å². The largest absolute Gasteiger partial charge is 0.349 e. The van der Waals surface area contributed by atoms with Gasteiger partial charge in [-0.3, -0.25) is 4.79 Å². The van der Waals surface area contributed by atoms with Crippen molar-refractivity contribution in [3.63, 3.8) is 0 Å². The average molecular weight is 296 g/mol. The Labute approximate surface area is 123 Å². The number of hydrogen-bond donors (Lipinski definition) is 2. The minimum absolute atomic E-state index is 0.0125. The average Bonchev–Trinajstić information content (AvgIpc) is 2.45. The van der Waals surface area contributed by atoms with Gasteiger partial charge in [0.05, 0.1) is 12.0 Å². The van der Waals surface area contributed by atoms with Crippen LogP contribution in [-0.4, -0.2) is 18.2 Å². The molecule has 0 fully saturated rings. The van der Waals surface area contributed by atoms with Gasteiger partial charge in [-0.1, -0.05) is 13.3 Å². The summed E-state index contributed by atoms with van der Waals surface area (Å²) in [6, 6.07) is 4.69. The van der Waals surface area contributed by atoms with Crippen LogP contribution in [0.5, 0.6) is 0 Å². The Balaban J connectivity index is 2.11. The fourth-order valence-corrected chi connectivity index (χ4v) is 3.61. The van der Waals surface area contributed by atoms with E-state index < -0.39 is 0 Å². The third-order valence-corrected chi connectivity index (χ3v) is 4.74. The van der Waals surface area contributed by atoms with Crippen LogP contribution < -0.4 is 11.1 Å². The number of rotatable bonds is 5. The number of thioether (sulfide) groups is 1. The number of nitrogens with one attached hydrogen (secondary N) is 1. The normalized spacial score (nSPS) is 19.2. The van der Waals surface area contributed by atoms with E-state index in [1.165, 1.54) is 12.1 Å². The summed E-state index contributed by atoms with van der Waals surface area (Å²) in [6.45, 7) is 2.40. The van der Waals surface area contributed by atoms with Gasteiger partial charge in [0, 0.05) is 17.2 Å². The third kappa shape index (κ3) is 3.52. The molecule has 1 aliphatic heterocycles. The summed E-state index contributed by atoms with van der Waals surface area (Å²) in [7, 11) is 0. The lowest BCUT2D eigenvalue weighted by molar-refractivity contribution is -0.125. The molecule has 2 rings (SSSR count). The Morgan fingerprint density at radius 3 is 3.10 bits per heavy atom. The fraction of sp³-hybridized carbons (Fsp3) is 0.533. The van der Waals surface area contributed by atoms with Gasteiger partial charge in [-0.05, 0) is 36.6 Å². The van der Waals surface area contributed by atoms with Crippen LogP contribution in [-0.2, 0) is 4.79 Å². The number of nitrogens with two attached hydrogens (primary N) is 1. The van der Waals surface area contributed by atoms with Gasteiger partial charge in [-0.2, -0.15) is 0 Å². The van der Waals surface area contributed by atoms with Crippen molar-refractivity contribution in [1.29, 1.82) is 0 Å². The van der Waals surface area contributed by atoms with E-state index in [-0.39, 0.29) is 23.7 Å².